The Kier molecular flexibility index (Phi) is 4.11. The number of ether oxygens (including phenoxy) is 1. The third-order valence-electron chi connectivity index (χ3n) is 3.26. The number of nitro benzene ring substituents is 1. The molecule has 0 fully saturated rings. The van der Waals surface area contributed by atoms with Crippen LogP contribution in [0.25, 0.3) is 10.9 Å². The molecule has 0 saturated heterocycles. The maximum Gasteiger partial charge on any atom is 0.343 e. The van der Waals surface area contributed by atoms with Gasteiger partial charge in [-0.1, -0.05) is 0 Å². The van der Waals surface area contributed by atoms with Crippen LogP contribution in [-0.2, 0) is 11.3 Å². The van der Waals surface area contributed by atoms with Gasteiger partial charge in [0, 0.05) is 18.8 Å². The molecule has 2 N–H and O–H groups in total. The van der Waals surface area contributed by atoms with Gasteiger partial charge in [-0.15, -0.1) is 0 Å². The Morgan fingerprint density at radius 2 is 2.09 bits per heavy atom. The van der Waals surface area contributed by atoms with Crippen LogP contribution < -0.4 is 11.2 Å². The van der Waals surface area contributed by atoms with Gasteiger partial charge >= 0.3 is 5.97 Å². The van der Waals surface area contributed by atoms with Crippen molar-refractivity contribution < 1.29 is 14.5 Å². The molecule has 8 heteroatoms. The third kappa shape index (κ3) is 2.50. The van der Waals surface area contributed by atoms with Crippen LogP contribution in [0.15, 0.2) is 23.1 Å². The van der Waals surface area contributed by atoms with Gasteiger partial charge in [0.15, 0.2) is 0 Å². The van der Waals surface area contributed by atoms with E-state index in [4.69, 9.17) is 10.5 Å². The van der Waals surface area contributed by atoms with Gasteiger partial charge in [-0.25, -0.2) is 4.79 Å². The van der Waals surface area contributed by atoms with Crippen LogP contribution in [0, 0.1) is 10.1 Å². The Balaban J connectivity index is 2.85. The first-order valence-corrected chi connectivity index (χ1v) is 6.68. The van der Waals surface area contributed by atoms with Crippen molar-refractivity contribution in [2.45, 2.75) is 20.4 Å². The summed E-state index contributed by atoms with van der Waals surface area (Å²) in [5.74, 6) is -0.754. The number of nitro groups is 1. The maximum absolute atomic E-state index is 12.4. The fraction of sp³-hybridized carbons (Fsp3) is 0.286. The molecule has 0 unspecified atom stereocenters. The number of fused-ring (bicyclic) bond motifs is 1. The molecule has 8 nitrogen and oxygen atoms in total. The summed E-state index contributed by atoms with van der Waals surface area (Å²) in [7, 11) is 0. The molecule has 1 aromatic heterocycles. The van der Waals surface area contributed by atoms with Gasteiger partial charge in [-0.3, -0.25) is 14.9 Å². The molecule has 2 rings (SSSR count). The minimum Gasteiger partial charge on any atom is -0.462 e. The van der Waals surface area contributed by atoms with E-state index in [9.17, 15) is 19.7 Å². The minimum atomic E-state index is -0.754. The van der Waals surface area contributed by atoms with E-state index >= 15 is 0 Å². The highest BCUT2D eigenvalue weighted by atomic mass is 16.6. The summed E-state index contributed by atoms with van der Waals surface area (Å²) in [6.45, 7) is 4.03. The van der Waals surface area contributed by atoms with Crippen molar-refractivity contribution in [2.24, 2.45) is 0 Å². The number of rotatable bonds is 4. The third-order valence-corrected chi connectivity index (χ3v) is 3.26. The minimum absolute atomic E-state index is 0.0389. The Hall–Kier alpha value is -2.90. The lowest BCUT2D eigenvalue weighted by molar-refractivity contribution is -0.383. The number of benzene rings is 1. The highest BCUT2D eigenvalue weighted by Gasteiger charge is 2.20. The smallest absolute Gasteiger partial charge is 0.343 e. The topological polar surface area (TPSA) is 117 Å². The van der Waals surface area contributed by atoms with Gasteiger partial charge in [-0.05, 0) is 19.9 Å². The van der Waals surface area contributed by atoms with E-state index in [1.807, 2.05) is 6.92 Å². The normalized spacial score (nSPS) is 10.6. The van der Waals surface area contributed by atoms with Crippen molar-refractivity contribution in [1.29, 1.82) is 0 Å². The van der Waals surface area contributed by atoms with Gasteiger partial charge < -0.3 is 15.0 Å². The number of hydrogen-bond acceptors (Lipinski definition) is 6. The molecule has 1 heterocycles. The number of nitrogen functional groups attached to an aromatic ring is 1. The number of aromatic nitrogens is 1. The largest absolute Gasteiger partial charge is 0.462 e. The summed E-state index contributed by atoms with van der Waals surface area (Å²) in [5.41, 5.74) is 4.92. The molecule has 0 aliphatic carbocycles. The summed E-state index contributed by atoms with van der Waals surface area (Å²) >= 11 is 0. The Morgan fingerprint density at radius 3 is 2.64 bits per heavy atom. The number of hydrogen-bond donors (Lipinski definition) is 1. The van der Waals surface area contributed by atoms with Gasteiger partial charge in [0.25, 0.3) is 5.69 Å². The van der Waals surface area contributed by atoms with Crippen LogP contribution in [-0.4, -0.2) is 22.1 Å². The molecular formula is C14H15N3O5. The Labute approximate surface area is 125 Å². The van der Waals surface area contributed by atoms with Crippen LogP contribution in [0.4, 0.5) is 11.4 Å². The fourth-order valence-electron chi connectivity index (χ4n) is 2.22. The van der Waals surface area contributed by atoms with Crippen LogP contribution in [0.1, 0.15) is 24.2 Å². The first-order valence-electron chi connectivity index (χ1n) is 6.68. The van der Waals surface area contributed by atoms with Crippen molar-refractivity contribution in [1.82, 2.24) is 4.57 Å². The first kappa shape index (κ1) is 15.5. The lowest BCUT2D eigenvalue weighted by Crippen LogP contribution is -2.21. The average molecular weight is 305 g/mol. The number of anilines is 1. The van der Waals surface area contributed by atoms with E-state index in [2.05, 4.69) is 0 Å². The van der Waals surface area contributed by atoms with E-state index in [1.165, 1.54) is 12.3 Å². The van der Waals surface area contributed by atoms with Crippen molar-refractivity contribution >= 4 is 28.2 Å². The van der Waals surface area contributed by atoms with Crippen LogP contribution in [0.2, 0.25) is 0 Å². The number of carbonyl (C=O) groups is 1. The van der Waals surface area contributed by atoms with E-state index in [0.717, 1.165) is 6.07 Å². The summed E-state index contributed by atoms with van der Waals surface area (Å²) in [6.07, 6.45) is 1.38. The number of aryl methyl sites for hydroxylation is 1. The van der Waals surface area contributed by atoms with E-state index in [0.29, 0.717) is 12.1 Å². The van der Waals surface area contributed by atoms with Crippen LogP contribution in [0.3, 0.4) is 0 Å². The lowest BCUT2D eigenvalue weighted by Gasteiger charge is -2.11. The molecule has 2 aromatic rings. The number of carbonyl (C=O) groups excluding carboxylic acids is 1. The molecule has 116 valence electrons. The molecule has 0 spiro atoms. The molecule has 0 aliphatic rings. The monoisotopic (exact) mass is 305 g/mol. The van der Waals surface area contributed by atoms with E-state index in [1.54, 1.807) is 11.5 Å². The number of nitrogens with two attached hydrogens (primary N) is 1. The Morgan fingerprint density at radius 1 is 1.41 bits per heavy atom. The molecule has 22 heavy (non-hydrogen) atoms. The van der Waals surface area contributed by atoms with E-state index in [-0.39, 0.29) is 28.9 Å². The predicted molar refractivity (Wildman–Crippen MR) is 80.9 cm³/mol. The second-order valence-corrected chi connectivity index (χ2v) is 4.56. The quantitative estimate of drug-likeness (QED) is 0.397. The molecule has 0 atom stereocenters. The lowest BCUT2D eigenvalue weighted by atomic mass is 10.1. The predicted octanol–water partition coefficient (Wildman–Crippen LogP) is 1.69. The van der Waals surface area contributed by atoms with Crippen molar-refractivity contribution in [3.63, 3.8) is 0 Å². The standard InChI is InChI=1S/C14H15N3O5/c1-3-16-7-9(14(19)22-4-2)13(18)8-5-12(17(20)21)10(15)6-11(8)16/h5-7H,3-4,15H2,1-2H3. The van der Waals surface area contributed by atoms with Crippen molar-refractivity contribution in [3.8, 4) is 0 Å². The first-order chi connectivity index (χ1) is 10.4. The average Bonchev–Trinajstić information content (AvgIpc) is 2.47. The molecule has 1 aromatic carbocycles. The highest BCUT2D eigenvalue weighted by Crippen LogP contribution is 2.26. The fourth-order valence-corrected chi connectivity index (χ4v) is 2.22. The van der Waals surface area contributed by atoms with E-state index < -0.39 is 16.3 Å². The highest BCUT2D eigenvalue weighted by molar-refractivity contribution is 5.95. The SMILES string of the molecule is CCOC(=O)c1cn(CC)c2cc(N)c([N+](=O)[O-])cc2c1=O. The zero-order valence-electron chi connectivity index (χ0n) is 12.2. The molecule has 0 saturated carbocycles. The van der Waals surface area contributed by atoms with Gasteiger partial charge in [0.05, 0.1) is 22.4 Å². The molecule has 0 amide bonds. The summed E-state index contributed by atoms with van der Waals surface area (Å²) in [6, 6.07) is 2.47. The molecular weight excluding hydrogens is 290 g/mol. The van der Waals surface area contributed by atoms with Gasteiger partial charge in [0.2, 0.25) is 5.43 Å². The summed E-state index contributed by atoms with van der Waals surface area (Å²) in [4.78, 5) is 34.6. The second-order valence-electron chi connectivity index (χ2n) is 4.56. The van der Waals surface area contributed by atoms with Crippen molar-refractivity contribution in [2.75, 3.05) is 12.3 Å². The van der Waals surface area contributed by atoms with Crippen LogP contribution >= 0.6 is 0 Å². The number of nitrogens with zero attached hydrogens (tertiary/aromatic N) is 2. The van der Waals surface area contributed by atoms with Gasteiger partial charge in [0.1, 0.15) is 11.3 Å². The second kappa shape index (κ2) is 5.84. The molecule has 0 radical (unpaired) electrons. The van der Waals surface area contributed by atoms with Gasteiger partial charge in [-0.2, -0.15) is 0 Å². The van der Waals surface area contributed by atoms with Crippen LogP contribution in [0.5, 0.6) is 0 Å². The summed E-state index contributed by atoms with van der Waals surface area (Å²) in [5, 5.41) is 11.0. The number of pyridine rings is 1. The Bertz CT molecular complexity index is 825. The summed E-state index contributed by atoms with van der Waals surface area (Å²) < 4.78 is 6.48. The zero-order chi connectivity index (χ0) is 16.4. The number of esters is 1. The molecule has 0 aliphatic heterocycles. The van der Waals surface area contributed by atoms with Crippen molar-refractivity contribution in [3.05, 3.63) is 44.2 Å². The maximum atomic E-state index is 12.4. The molecule has 0 bridgehead atoms. The zero-order valence-corrected chi connectivity index (χ0v) is 12.2.